The first-order chi connectivity index (χ1) is 14.4. The van der Waals surface area contributed by atoms with Crippen molar-refractivity contribution in [3.63, 3.8) is 0 Å². The van der Waals surface area contributed by atoms with Crippen LogP contribution in [0.15, 0.2) is 65.6 Å². The van der Waals surface area contributed by atoms with Gasteiger partial charge in [0.2, 0.25) is 15.9 Å². The van der Waals surface area contributed by atoms with E-state index in [4.69, 9.17) is 4.74 Å². The average Bonchev–Trinajstić information content (AvgIpc) is 2.75. The smallest absolute Gasteiger partial charge is 0.247 e. The number of rotatable bonds is 8. The quantitative estimate of drug-likeness (QED) is 0.598. The number of ether oxygens (including phenoxy) is 1. The second-order valence-electron chi connectivity index (χ2n) is 7.00. The maximum absolute atomic E-state index is 13.1. The van der Waals surface area contributed by atoms with Crippen LogP contribution in [0.4, 0.5) is 0 Å². The fraction of sp³-hybridized carbons (Fsp3) is 0.261. The minimum absolute atomic E-state index is 0.0636. The second kappa shape index (κ2) is 9.28. The number of methoxy groups -OCH3 is 1. The molecule has 0 aliphatic carbocycles. The Bertz CT molecular complexity index is 1150. The number of amides is 1. The lowest BCUT2D eigenvalue weighted by Gasteiger charge is -2.21. The molecule has 3 aromatic carbocycles. The lowest BCUT2D eigenvalue weighted by molar-refractivity contribution is -0.121. The van der Waals surface area contributed by atoms with E-state index in [0.29, 0.717) is 6.54 Å². The Labute approximate surface area is 177 Å². The summed E-state index contributed by atoms with van der Waals surface area (Å²) < 4.78 is 32.7. The van der Waals surface area contributed by atoms with E-state index in [1.165, 1.54) is 7.11 Å². The first-order valence-corrected chi connectivity index (χ1v) is 11.2. The highest BCUT2D eigenvalue weighted by molar-refractivity contribution is 7.89. The number of fused-ring (bicyclic) bond motifs is 1. The molecule has 0 unspecified atom stereocenters. The van der Waals surface area contributed by atoms with Gasteiger partial charge in [0, 0.05) is 13.1 Å². The van der Waals surface area contributed by atoms with Gasteiger partial charge in [-0.3, -0.25) is 4.79 Å². The van der Waals surface area contributed by atoms with E-state index in [-0.39, 0.29) is 29.6 Å². The van der Waals surface area contributed by atoms with Crippen molar-refractivity contribution in [1.82, 2.24) is 9.62 Å². The molecule has 0 aliphatic heterocycles. The van der Waals surface area contributed by atoms with Gasteiger partial charge in [0.05, 0.1) is 13.7 Å². The number of sulfonamides is 1. The maximum Gasteiger partial charge on any atom is 0.247 e. The number of carbonyl (C=O) groups excluding carboxylic acids is 1. The van der Waals surface area contributed by atoms with Crippen LogP contribution in [0.3, 0.4) is 0 Å². The van der Waals surface area contributed by atoms with Crippen LogP contribution >= 0.6 is 0 Å². The lowest BCUT2D eigenvalue weighted by atomic mass is 10.0. The van der Waals surface area contributed by atoms with E-state index in [1.807, 2.05) is 49.4 Å². The monoisotopic (exact) mass is 426 g/mol. The Balaban J connectivity index is 1.75. The Hall–Kier alpha value is -2.90. The van der Waals surface area contributed by atoms with Gasteiger partial charge in [-0.1, -0.05) is 55.5 Å². The van der Waals surface area contributed by atoms with Gasteiger partial charge in [-0.2, -0.15) is 4.31 Å². The van der Waals surface area contributed by atoms with Crippen LogP contribution in [0, 0.1) is 6.92 Å². The number of benzene rings is 3. The molecule has 1 amide bonds. The summed E-state index contributed by atoms with van der Waals surface area (Å²) >= 11 is 0. The summed E-state index contributed by atoms with van der Waals surface area (Å²) in [6.45, 7) is 3.75. The molecule has 0 saturated heterocycles. The number of hydrogen-bond acceptors (Lipinski definition) is 4. The SMILES string of the molecule is CCN(CC(=O)NCc1cccc2ccccc12)S(=O)(=O)c1cc(C)ccc1OC. The zero-order valence-electron chi connectivity index (χ0n) is 17.4. The van der Waals surface area contributed by atoms with Crippen molar-refractivity contribution in [1.29, 1.82) is 0 Å². The van der Waals surface area contributed by atoms with Crippen LogP contribution < -0.4 is 10.1 Å². The van der Waals surface area contributed by atoms with Gasteiger partial charge >= 0.3 is 0 Å². The highest BCUT2D eigenvalue weighted by Crippen LogP contribution is 2.27. The molecule has 0 aromatic heterocycles. The molecule has 0 aliphatic rings. The molecule has 0 radical (unpaired) electrons. The fourth-order valence-corrected chi connectivity index (χ4v) is 4.99. The highest BCUT2D eigenvalue weighted by atomic mass is 32.2. The number of likely N-dealkylation sites (N-methyl/N-ethyl adjacent to an activating group) is 1. The van der Waals surface area contributed by atoms with E-state index in [1.54, 1.807) is 25.1 Å². The van der Waals surface area contributed by atoms with E-state index in [0.717, 1.165) is 26.2 Å². The third-order valence-electron chi connectivity index (χ3n) is 4.97. The molecule has 158 valence electrons. The van der Waals surface area contributed by atoms with E-state index >= 15 is 0 Å². The van der Waals surface area contributed by atoms with Crippen LogP contribution in [0.5, 0.6) is 5.75 Å². The van der Waals surface area contributed by atoms with E-state index < -0.39 is 10.0 Å². The van der Waals surface area contributed by atoms with Gasteiger partial charge in [0.15, 0.2) is 0 Å². The molecular formula is C23H26N2O4S. The number of carbonyl (C=O) groups is 1. The molecule has 1 N–H and O–H groups in total. The zero-order chi connectivity index (χ0) is 21.7. The van der Waals surface area contributed by atoms with Crippen LogP contribution in [-0.4, -0.2) is 38.8 Å². The molecule has 0 fully saturated rings. The highest BCUT2D eigenvalue weighted by Gasteiger charge is 2.28. The van der Waals surface area contributed by atoms with E-state index in [2.05, 4.69) is 5.32 Å². The summed E-state index contributed by atoms with van der Waals surface area (Å²) in [6.07, 6.45) is 0. The Kier molecular flexibility index (Phi) is 6.74. The summed E-state index contributed by atoms with van der Waals surface area (Å²) in [4.78, 5) is 12.6. The second-order valence-corrected chi connectivity index (χ2v) is 8.91. The van der Waals surface area contributed by atoms with Gasteiger partial charge in [-0.05, 0) is 41.0 Å². The zero-order valence-corrected chi connectivity index (χ0v) is 18.2. The summed E-state index contributed by atoms with van der Waals surface area (Å²) in [7, 11) is -2.45. The molecule has 0 atom stereocenters. The lowest BCUT2D eigenvalue weighted by Crippen LogP contribution is -2.40. The van der Waals surface area contributed by atoms with Crippen molar-refractivity contribution in [3.8, 4) is 5.75 Å². The van der Waals surface area contributed by atoms with Gasteiger partial charge in [0.1, 0.15) is 10.6 Å². The predicted octanol–water partition coefficient (Wildman–Crippen LogP) is 3.48. The Morgan fingerprint density at radius 1 is 1.07 bits per heavy atom. The normalized spacial score (nSPS) is 11.6. The molecule has 3 rings (SSSR count). The number of aryl methyl sites for hydroxylation is 1. The summed E-state index contributed by atoms with van der Waals surface area (Å²) in [5, 5.41) is 4.99. The first-order valence-electron chi connectivity index (χ1n) is 9.75. The predicted molar refractivity (Wildman–Crippen MR) is 118 cm³/mol. The van der Waals surface area contributed by atoms with Gasteiger partial charge in [-0.15, -0.1) is 0 Å². The van der Waals surface area contributed by atoms with E-state index in [9.17, 15) is 13.2 Å². The summed E-state index contributed by atoms with van der Waals surface area (Å²) in [5.41, 5.74) is 1.78. The molecule has 3 aromatic rings. The van der Waals surface area contributed by atoms with Crippen LogP contribution in [0.25, 0.3) is 10.8 Å². The van der Waals surface area contributed by atoms with Crippen molar-refractivity contribution in [2.75, 3.05) is 20.2 Å². The first kappa shape index (κ1) is 21.8. The van der Waals surface area contributed by atoms with Crippen LogP contribution in [-0.2, 0) is 21.4 Å². The van der Waals surface area contributed by atoms with Crippen molar-refractivity contribution in [2.45, 2.75) is 25.3 Å². The summed E-state index contributed by atoms with van der Waals surface area (Å²) in [6, 6.07) is 18.8. The van der Waals surface area contributed by atoms with Crippen molar-refractivity contribution < 1.29 is 17.9 Å². The van der Waals surface area contributed by atoms with Gasteiger partial charge in [0.25, 0.3) is 0 Å². The number of hydrogen-bond donors (Lipinski definition) is 1. The van der Waals surface area contributed by atoms with Crippen molar-refractivity contribution in [3.05, 3.63) is 71.8 Å². The Morgan fingerprint density at radius 2 is 1.80 bits per heavy atom. The Morgan fingerprint density at radius 3 is 2.53 bits per heavy atom. The van der Waals surface area contributed by atoms with Crippen molar-refractivity contribution >= 4 is 26.7 Å². The molecular weight excluding hydrogens is 400 g/mol. The van der Waals surface area contributed by atoms with Gasteiger partial charge in [-0.25, -0.2) is 8.42 Å². The largest absolute Gasteiger partial charge is 0.495 e. The standard InChI is InChI=1S/C23H26N2O4S/c1-4-25(30(27,28)22-14-17(2)12-13-21(22)29-3)16-23(26)24-15-19-10-7-9-18-8-5-6-11-20(18)19/h5-14H,4,15-16H2,1-3H3,(H,24,26). The molecule has 6 nitrogen and oxygen atoms in total. The third-order valence-corrected chi connectivity index (χ3v) is 6.91. The molecule has 30 heavy (non-hydrogen) atoms. The van der Waals surface area contributed by atoms with Crippen molar-refractivity contribution in [2.24, 2.45) is 0 Å². The molecule has 0 saturated carbocycles. The minimum atomic E-state index is -3.88. The minimum Gasteiger partial charge on any atom is -0.495 e. The van der Waals surface area contributed by atoms with Crippen LogP contribution in [0.2, 0.25) is 0 Å². The molecule has 0 bridgehead atoms. The average molecular weight is 427 g/mol. The fourth-order valence-electron chi connectivity index (χ4n) is 3.35. The number of nitrogens with zero attached hydrogens (tertiary/aromatic N) is 1. The van der Waals surface area contributed by atoms with Gasteiger partial charge < -0.3 is 10.1 Å². The van der Waals surface area contributed by atoms with Crippen LogP contribution in [0.1, 0.15) is 18.1 Å². The summed E-state index contributed by atoms with van der Waals surface area (Å²) in [5.74, 6) is -0.102. The molecule has 7 heteroatoms. The third kappa shape index (κ3) is 4.63. The molecule has 0 spiro atoms. The molecule has 0 heterocycles. The number of nitrogens with one attached hydrogen (secondary N) is 1. The maximum atomic E-state index is 13.1. The topological polar surface area (TPSA) is 75.7 Å².